The average Bonchev–Trinajstić information content (AvgIpc) is 3.18. The van der Waals surface area contributed by atoms with Crippen LogP contribution in [0.25, 0.3) is 0 Å². The molecule has 2 aromatic rings. The number of amides is 2. The molecule has 1 aliphatic rings. The van der Waals surface area contributed by atoms with Crippen molar-refractivity contribution in [2.45, 2.75) is 12.8 Å². The highest BCUT2D eigenvalue weighted by Gasteiger charge is 2.37. The van der Waals surface area contributed by atoms with Crippen molar-refractivity contribution in [2.24, 2.45) is 5.92 Å². The molecule has 1 aliphatic heterocycles. The van der Waals surface area contributed by atoms with E-state index in [9.17, 15) is 14.0 Å². The number of hydrogen-bond acceptors (Lipinski definition) is 3. The molecule has 6 heteroatoms. The summed E-state index contributed by atoms with van der Waals surface area (Å²) in [5.74, 6) is -0.765. The first-order valence-corrected chi connectivity index (χ1v) is 7.52. The van der Waals surface area contributed by atoms with Gasteiger partial charge in [-0.05, 0) is 42.8 Å². The van der Waals surface area contributed by atoms with Crippen LogP contribution in [0, 0.1) is 11.7 Å². The molecule has 1 fully saturated rings. The monoisotopic (exact) mass is 316 g/mol. The SMILES string of the molecule is O=C(NCCc1ccco1)C1CCN(c2ccc(F)cc2)C1=O. The van der Waals surface area contributed by atoms with Crippen molar-refractivity contribution in [2.75, 3.05) is 18.0 Å². The van der Waals surface area contributed by atoms with Gasteiger partial charge in [-0.15, -0.1) is 0 Å². The van der Waals surface area contributed by atoms with Crippen molar-refractivity contribution in [1.29, 1.82) is 0 Å². The Bertz CT molecular complexity index is 682. The first kappa shape index (κ1) is 15.3. The number of rotatable bonds is 5. The summed E-state index contributed by atoms with van der Waals surface area (Å²) < 4.78 is 18.1. The van der Waals surface area contributed by atoms with Crippen LogP contribution in [0.5, 0.6) is 0 Å². The molecule has 5 nitrogen and oxygen atoms in total. The number of halogens is 1. The maximum Gasteiger partial charge on any atom is 0.239 e. The second kappa shape index (κ2) is 6.64. The van der Waals surface area contributed by atoms with Gasteiger partial charge in [0.15, 0.2) is 0 Å². The van der Waals surface area contributed by atoms with E-state index in [1.807, 2.05) is 6.07 Å². The maximum atomic E-state index is 13.0. The van der Waals surface area contributed by atoms with Gasteiger partial charge in [-0.3, -0.25) is 9.59 Å². The first-order chi connectivity index (χ1) is 11.1. The molecule has 2 amide bonds. The van der Waals surface area contributed by atoms with E-state index in [4.69, 9.17) is 4.42 Å². The smallest absolute Gasteiger partial charge is 0.239 e. The van der Waals surface area contributed by atoms with Gasteiger partial charge in [-0.25, -0.2) is 4.39 Å². The van der Waals surface area contributed by atoms with Crippen LogP contribution in [-0.2, 0) is 16.0 Å². The van der Waals surface area contributed by atoms with Gasteiger partial charge in [0.05, 0.1) is 6.26 Å². The molecule has 0 radical (unpaired) electrons. The van der Waals surface area contributed by atoms with Gasteiger partial charge < -0.3 is 14.6 Å². The Labute approximate surface area is 133 Å². The quantitative estimate of drug-likeness (QED) is 0.860. The Morgan fingerprint density at radius 3 is 2.78 bits per heavy atom. The van der Waals surface area contributed by atoms with E-state index in [2.05, 4.69) is 5.32 Å². The molecule has 1 unspecified atom stereocenters. The first-order valence-electron chi connectivity index (χ1n) is 7.52. The highest BCUT2D eigenvalue weighted by Crippen LogP contribution is 2.25. The molecular weight excluding hydrogens is 299 g/mol. The topological polar surface area (TPSA) is 62.6 Å². The molecule has 120 valence electrons. The van der Waals surface area contributed by atoms with Crippen LogP contribution in [0.2, 0.25) is 0 Å². The van der Waals surface area contributed by atoms with E-state index < -0.39 is 5.92 Å². The number of carbonyl (C=O) groups excluding carboxylic acids is 2. The van der Waals surface area contributed by atoms with Gasteiger partial charge in [0.2, 0.25) is 11.8 Å². The fraction of sp³-hybridized carbons (Fsp3) is 0.294. The van der Waals surface area contributed by atoms with Gasteiger partial charge in [0.25, 0.3) is 0 Å². The molecule has 1 aromatic heterocycles. The summed E-state index contributed by atoms with van der Waals surface area (Å²) >= 11 is 0. The number of nitrogens with one attached hydrogen (secondary N) is 1. The Kier molecular flexibility index (Phi) is 4.41. The normalized spacial score (nSPS) is 17.5. The van der Waals surface area contributed by atoms with Crippen LogP contribution < -0.4 is 10.2 Å². The summed E-state index contributed by atoms with van der Waals surface area (Å²) in [6, 6.07) is 9.33. The average molecular weight is 316 g/mol. The summed E-state index contributed by atoms with van der Waals surface area (Å²) in [7, 11) is 0. The van der Waals surface area contributed by atoms with Crippen molar-refractivity contribution in [3.05, 3.63) is 54.2 Å². The fourth-order valence-corrected chi connectivity index (χ4v) is 2.69. The van der Waals surface area contributed by atoms with Crippen molar-refractivity contribution in [1.82, 2.24) is 5.32 Å². The van der Waals surface area contributed by atoms with Gasteiger partial charge in [0.1, 0.15) is 17.5 Å². The van der Waals surface area contributed by atoms with Crippen LogP contribution in [0.15, 0.2) is 47.1 Å². The predicted octanol–water partition coefficient (Wildman–Crippen LogP) is 2.13. The minimum Gasteiger partial charge on any atom is -0.469 e. The molecule has 23 heavy (non-hydrogen) atoms. The number of carbonyl (C=O) groups is 2. The minimum absolute atomic E-state index is 0.243. The van der Waals surface area contributed by atoms with Crippen LogP contribution in [0.4, 0.5) is 10.1 Å². The molecule has 3 rings (SSSR count). The van der Waals surface area contributed by atoms with E-state index in [0.717, 1.165) is 5.76 Å². The van der Waals surface area contributed by atoms with E-state index in [1.54, 1.807) is 24.5 Å². The third kappa shape index (κ3) is 3.41. The molecule has 0 saturated carbocycles. The fourth-order valence-electron chi connectivity index (χ4n) is 2.69. The summed E-state index contributed by atoms with van der Waals surface area (Å²) in [6.07, 6.45) is 2.63. The summed E-state index contributed by atoms with van der Waals surface area (Å²) in [6.45, 7) is 0.882. The Morgan fingerprint density at radius 2 is 2.09 bits per heavy atom. The lowest BCUT2D eigenvalue weighted by Crippen LogP contribution is -2.37. The molecular formula is C17H17FN2O3. The number of furan rings is 1. The van der Waals surface area contributed by atoms with Gasteiger partial charge in [-0.2, -0.15) is 0 Å². The molecule has 1 atom stereocenters. The third-order valence-corrected chi connectivity index (χ3v) is 3.91. The molecule has 1 saturated heterocycles. The largest absolute Gasteiger partial charge is 0.469 e. The summed E-state index contributed by atoms with van der Waals surface area (Å²) in [4.78, 5) is 26.1. The molecule has 0 bridgehead atoms. The summed E-state index contributed by atoms with van der Waals surface area (Å²) in [5.41, 5.74) is 0.613. The lowest BCUT2D eigenvalue weighted by molar-refractivity contribution is -0.132. The minimum atomic E-state index is -0.684. The molecule has 1 aromatic carbocycles. The Balaban J connectivity index is 1.55. The number of hydrogen-bond donors (Lipinski definition) is 1. The molecule has 2 heterocycles. The Morgan fingerprint density at radius 1 is 1.30 bits per heavy atom. The van der Waals surface area contributed by atoms with Crippen LogP contribution >= 0.6 is 0 Å². The van der Waals surface area contributed by atoms with E-state index in [1.165, 1.54) is 17.0 Å². The van der Waals surface area contributed by atoms with Crippen molar-refractivity contribution >= 4 is 17.5 Å². The zero-order chi connectivity index (χ0) is 16.2. The zero-order valence-electron chi connectivity index (χ0n) is 12.5. The number of benzene rings is 1. The zero-order valence-corrected chi connectivity index (χ0v) is 12.5. The maximum absolute atomic E-state index is 13.0. The van der Waals surface area contributed by atoms with Crippen molar-refractivity contribution in [3.63, 3.8) is 0 Å². The number of nitrogens with zero attached hydrogens (tertiary/aromatic N) is 1. The van der Waals surface area contributed by atoms with Gasteiger partial charge in [-0.1, -0.05) is 0 Å². The van der Waals surface area contributed by atoms with Gasteiger partial charge >= 0.3 is 0 Å². The highest BCUT2D eigenvalue weighted by molar-refractivity contribution is 6.09. The molecule has 0 spiro atoms. The van der Waals surface area contributed by atoms with Crippen LogP contribution in [-0.4, -0.2) is 24.9 Å². The summed E-state index contributed by atoms with van der Waals surface area (Å²) in [5, 5.41) is 2.77. The standard InChI is InChI=1S/C17H17FN2O3/c18-12-3-5-13(6-4-12)20-10-8-15(17(20)22)16(21)19-9-7-14-2-1-11-23-14/h1-6,11,15H,7-10H2,(H,19,21). The van der Waals surface area contributed by atoms with Crippen molar-refractivity contribution < 1.29 is 18.4 Å². The highest BCUT2D eigenvalue weighted by atomic mass is 19.1. The van der Waals surface area contributed by atoms with Crippen molar-refractivity contribution in [3.8, 4) is 0 Å². The number of anilines is 1. The van der Waals surface area contributed by atoms with E-state index in [-0.39, 0.29) is 17.6 Å². The van der Waals surface area contributed by atoms with Crippen LogP contribution in [0.1, 0.15) is 12.2 Å². The lowest BCUT2D eigenvalue weighted by atomic mass is 10.1. The van der Waals surface area contributed by atoms with E-state index >= 15 is 0 Å². The van der Waals surface area contributed by atoms with Gasteiger partial charge in [0, 0.05) is 25.2 Å². The second-order valence-electron chi connectivity index (χ2n) is 5.43. The third-order valence-electron chi connectivity index (χ3n) is 3.91. The predicted molar refractivity (Wildman–Crippen MR) is 82.3 cm³/mol. The van der Waals surface area contributed by atoms with E-state index in [0.29, 0.717) is 31.6 Å². The molecule has 0 aliphatic carbocycles. The lowest BCUT2D eigenvalue weighted by Gasteiger charge is -2.16. The molecule has 1 N–H and O–H groups in total. The van der Waals surface area contributed by atoms with Crippen LogP contribution in [0.3, 0.4) is 0 Å². The Hall–Kier alpha value is -2.63. The second-order valence-corrected chi connectivity index (χ2v) is 5.43.